The molecule has 0 unspecified atom stereocenters. The van der Waals surface area contributed by atoms with Crippen LogP contribution in [0.25, 0.3) is 11.0 Å². The first-order valence-corrected chi connectivity index (χ1v) is 9.58. The second kappa shape index (κ2) is 6.72. The van der Waals surface area contributed by atoms with Gasteiger partial charge in [0, 0.05) is 30.2 Å². The minimum atomic E-state index is -3.91. The number of hydrogen-bond donors (Lipinski definition) is 0. The highest BCUT2D eigenvalue weighted by atomic mass is 32.2. The van der Waals surface area contributed by atoms with Crippen LogP contribution in [0.1, 0.15) is 13.8 Å². The van der Waals surface area contributed by atoms with Crippen LogP contribution in [-0.4, -0.2) is 21.5 Å². The van der Waals surface area contributed by atoms with E-state index in [1.807, 2.05) is 19.9 Å². The average Bonchev–Trinajstić information content (AvgIpc) is 2.62. The van der Waals surface area contributed by atoms with E-state index in [9.17, 15) is 13.2 Å². The van der Waals surface area contributed by atoms with Crippen molar-refractivity contribution in [1.29, 1.82) is 0 Å². The molecule has 0 aliphatic rings. The highest BCUT2D eigenvalue weighted by Gasteiger charge is 2.23. The van der Waals surface area contributed by atoms with Crippen LogP contribution in [0, 0.1) is 0 Å². The Balaban J connectivity index is 2.15. The zero-order valence-corrected chi connectivity index (χ0v) is 14.9. The predicted molar refractivity (Wildman–Crippen MR) is 97.9 cm³/mol. The van der Waals surface area contributed by atoms with E-state index in [-0.39, 0.29) is 9.79 Å². The van der Waals surface area contributed by atoms with Gasteiger partial charge in [-0.3, -0.25) is 0 Å². The molecule has 0 saturated heterocycles. The fourth-order valence-corrected chi connectivity index (χ4v) is 4.09. The van der Waals surface area contributed by atoms with Gasteiger partial charge < -0.3 is 9.32 Å². The zero-order chi connectivity index (χ0) is 18.0. The molecule has 0 saturated carbocycles. The zero-order valence-electron chi connectivity index (χ0n) is 14.1. The Morgan fingerprint density at radius 2 is 1.64 bits per heavy atom. The highest BCUT2D eigenvalue weighted by Crippen LogP contribution is 2.25. The van der Waals surface area contributed by atoms with E-state index in [0.29, 0.717) is 11.0 Å². The van der Waals surface area contributed by atoms with E-state index in [1.165, 1.54) is 18.2 Å². The molecule has 3 aromatic rings. The molecule has 0 spiro atoms. The standard InChI is InChI=1S/C19H19NO4S/c1-3-20(4-2)15-11-10-14-12-18(19(21)24-17(14)13-15)25(22,23)16-8-6-5-7-9-16/h5-13H,3-4H2,1-2H3. The van der Waals surface area contributed by atoms with Gasteiger partial charge in [0.1, 0.15) is 5.58 Å². The van der Waals surface area contributed by atoms with Crippen molar-refractivity contribution in [3.63, 3.8) is 0 Å². The fourth-order valence-electron chi connectivity index (χ4n) is 2.78. The van der Waals surface area contributed by atoms with Crippen LogP contribution in [0.2, 0.25) is 0 Å². The van der Waals surface area contributed by atoms with Crippen LogP contribution in [0.3, 0.4) is 0 Å². The van der Waals surface area contributed by atoms with Crippen molar-refractivity contribution in [2.75, 3.05) is 18.0 Å². The van der Waals surface area contributed by atoms with Gasteiger partial charge in [0.25, 0.3) is 0 Å². The van der Waals surface area contributed by atoms with E-state index in [0.717, 1.165) is 18.8 Å². The maximum absolute atomic E-state index is 12.7. The van der Waals surface area contributed by atoms with Gasteiger partial charge in [-0.25, -0.2) is 13.2 Å². The third-order valence-corrected chi connectivity index (χ3v) is 5.92. The first kappa shape index (κ1) is 17.2. The summed E-state index contributed by atoms with van der Waals surface area (Å²) < 4.78 is 30.7. The lowest BCUT2D eigenvalue weighted by molar-refractivity contribution is 0.532. The van der Waals surface area contributed by atoms with E-state index in [4.69, 9.17) is 4.42 Å². The van der Waals surface area contributed by atoms with Gasteiger partial charge in [-0.2, -0.15) is 0 Å². The van der Waals surface area contributed by atoms with Crippen molar-refractivity contribution in [2.45, 2.75) is 23.6 Å². The van der Waals surface area contributed by atoms with Gasteiger partial charge in [0.2, 0.25) is 9.84 Å². The molecule has 5 nitrogen and oxygen atoms in total. The third kappa shape index (κ3) is 3.17. The van der Waals surface area contributed by atoms with Gasteiger partial charge in [-0.15, -0.1) is 0 Å². The molecule has 1 aromatic heterocycles. The van der Waals surface area contributed by atoms with Crippen LogP contribution >= 0.6 is 0 Å². The first-order chi connectivity index (χ1) is 12.0. The minimum absolute atomic E-state index is 0.0708. The van der Waals surface area contributed by atoms with E-state index < -0.39 is 15.5 Å². The number of nitrogens with zero attached hydrogens (tertiary/aromatic N) is 1. The molecule has 0 amide bonds. The Labute approximate surface area is 146 Å². The van der Waals surface area contributed by atoms with Crippen molar-refractivity contribution in [3.05, 3.63) is 65.0 Å². The molecule has 2 aromatic carbocycles. The van der Waals surface area contributed by atoms with E-state index in [2.05, 4.69) is 4.90 Å². The largest absolute Gasteiger partial charge is 0.422 e. The highest BCUT2D eigenvalue weighted by molar-refractivity contribution is 7.91. The monoisotopic (exact) mass is 357 g/mol. The summed E-state index contributed by atoms with van der Waals surface area (Å²) in [6.45, 7) is 5.73. The van der Waals surface area contributed by atoms with Crippen molar-refractivity contribution < 1.29 is 12.8 Å². The molecule has 0 aliphatic heterocycles. The SMILES string of the molecule is CCN(CC)c1ccc2cc(S(=O)(=O)c3ccccc3)c(=O)oc2c1. The Morgan fingerprint density at radius 1 is 0.960 bits per heavy atom. The molecular weight excluding hydrogens is 338 g/mol. The molecule has 3 rings (SSSR count). The molecule has 0 aliphatic carbocycles. The summed E-state index contributed by atoms with van der Waals surface area (Å²) >= 11 is 0. The van der Waals surface area contributed by atoms with Gasteiger partial charge in [0.05, 0.1) is 4.90 Å². The van der Waals surface area contributed by atoms with Crippen molar-refractivity contribution >= 4 is 26.5 Å². The number of anilines is 1. The molecule has 6 heteroatoms. The van der Waals surface area contributed by atoms with Crippen LogP contribution in [0.15, 0.2) is 73.6 Å². The minimum Gasteiger partial charge on any atom is -0.422 e. The van der Waals surface area contributed by atoms with E-state index >= 15 is 0 Å². The Morgan fingerprint density at radius 3 is 2.28 bits per heavy atom. The average molecular weight is 357 g/mol. The van der Waals surface area contributed by atoms with Crippen LogP contribution in [-0.2, 0) is 9.84 Å². The summed E-state index contributed by atoms with van der Waals surface area (Å²) in [5, 5.41) is 0.574. The lowest BCUT2D eigenvalue weighted by atomic mass is 10.2. The Hall–Kier alpha value is -2.60. The van der Waals surface area contributed by atoms with E-state index in [1.54, 1.807) is 30.3 Å². The second-order valence-electron chi connectivity index (χ2n) is 5.61. The normalized spacial score (nSPS) is 11.6. The molecule has 1 heterocycles. The molecule has 0 N–H and O–H groups in total. The smallest absolute Gasteiger partial charge is 0.355 e. The summed E-state index contributed by atoms with van der Waals surface area (Å²) in [6.07, 6.45) is 0. The first-order valence-electron chi connectivity index (χ1n) is 8.10. The molecule has 0 bridgehead atoms. The Kier molecular flexibility index (Phi) is 4.63. The van der Waals surface area contributed by atoms with Gasteiger partial charge in [-0.1, -0.05) is 18.2 Å². The molecule has 0 atom stereocenters. The summed E-state index contributed by atoms with van der Waals surface area (Å²) in [5.41, 5.74) is 0.453. The summed E-state index contributed by atoms with van der Waals surface area (Å²) in [4.78, 5) is 14.2. The molecular formula is C19H19NO4S. The quantitative estimate of drug-likeness (QED) is 0.654. The van der Waals surface area contributed by atoms with Crippen LogP contribution in [0.4, 0.5) is 5.69 Å². The molecule has 0 radical (unpaired) electrons. The molecule has 25 heavy (non-hydrogen) atoms. The van der Waals surface area contributed by atoms with Crippen molar-refractivity contribution in [3.8, 4) is 0 Å². The number of fused-ring (bicyclic) bond motifs is 1. The van der Waals surface area contributed by atoms with Crippen LogP contribution in [0.5, 0.6) is 0 Å². The fraction of sp³-hybridized carbons (Fsp3) is 0.211. The summed E-state index contributed by atoms with van der Waals surface area (Å²) in [7, 11) is -3.91. The maximum Gasteiger partial charge on any atom is 0.355 e. The lowest BCUT2D eigenvalue weighted by Crippen LogP contribution is -2.21. The topological polar surface area (TPSA) is 67.6 Å². The van der Waals surface area contributed by atoms with Gasteiger partial charge in [0.15, 0.2) is 4.90 Å². The van der Waals surface area contributed by atoms with Crippen LogP contribution < -0.4 is 10.5 Å². The number of rotatable bonds is 5. The maximum atomic E-state index is 12.7. The second-order valence-corrected chi connectivity index (χ2v) is 7.53. The summed E-state index contributed by atoms with van der Waals surface area (Å²) in [6, 6.07) is 14.7. The molecule has 130 valence electrons. The molecule has 0 fully saturated rings. The van der Waals surface area contributed by atoms with Crippen molar-refractivity contribution in [1.82, 2.24) is 0 Å². The Bertz CT molecular complexity index is 1050. The lowest BCUT2D eigenvalue weighted by Gasteiger charge is -2.21. The predicted octanol–water partition coefficient (Wildman–Crippen LogP) is 3.47. The number of sulfone groups is 1. The third-order valence-electron chi connectivity index (χ3n) is 4.16. The summed E-state index contributed by atoms with van der Waals surface area (Å²) in [5.74, 6) is 0. The van der Waals surface area contributed by atoms with Gasteiger partial charge >= 0.3 is 5.63 Å². The number of hydrogen-bond acceptors (Lipinski definition) is 5. The van der Waals surface area contributed by atoms with Crippen molar-refractivity contribution in [2.24, 2.45) is 0 Å². The number of benzene rings is 2. The van der Waals surface area contributed by atoms with Gasteiger partial charge in [-0.05, 0) is 44.2 Å².